The molecule has 0 aliphatic carbocycles. The van der Waals surface area contributed by atoms with Crippen molar-refractivity contribution in [2.75, 3.05) is 32.4 Å². The Morgan fingerprint density at radius 1 is 1.29 bits per heavy atom. The highest BCUT2D eigenvalue weighted by molar-refractivity contribution is 14.0. The van der Waals surface area contributed by atoms with Crippen LogP contribution in [0, 0.1) is 0 Å². The molecule has 0 radical (unpaired) electrons. The van der Waals surface area contributed by atoms with E-state index in [1.165, 1.54) is 0 Å². The van der Waals surface area contributed by atoms with E-state index in [1.54, 1.807) is 11.4 Å². The van der Waals surface area contributed by atoms with Crippen LogP contribution in [0.3, 0.4) is 0 Å². The molecule has 1 unspecified atom stereocenters. The number of guanidine groups is 1. The van der Waals surface area contributed by atoms with Crippen LogP contribution in [0.2, 0.25) is 0 Å². The molecule has 7 nitrogen and oxygen atoms in total. The fourth-order valence-electron chi connectivity index (χ4n) is 3.07. The molecule has 1 aromatic rings. The normalized spacial score (nSPS) is 17.5. The molecule has 1 heterocycles. The Labute approximate surface area is 186 Å². The topological polar surface area (TPSA) is 83.0 Å². The van der Waals surface area contributed by atoms with E-state index in [1.807, 2.05) is 44.2 Å². The third kappa shape index (κ3) is 8.12. The number of piperidine rings is 1. The van der Waals surface area contributed by atoms with Gasteiger partial charge in [0.15, 0.2) is 5.96 Å². The minimum Gasteiger partial charge on any atom is -0.489 e. The number of ether oxygens (including phenoxy) is 1. The van der Waals surface area contributed by atoms with Crippen molar-refractivity contribution in [1.29, 1.82) is 0 Å². The maximum absolute atomic E-state index is 12.2. The number of nitrogens with zero attached hydrogens (tertiary/aromatic N) is 2. The highest BCUT2D eigenvalue weighted by atomic mass is 127. The quantitative estimate of drug-likeness (QED) is 0.310. The van der Waals surface area contributed by atoms with Crippen molar-refractivity contribution >= 4 is 40.0 Å². The average Bonchev–Trinajstić information content (AvgIpc) is 2.66. The molecule has 2 rings (SSSR count). The Morgan fingerprint density at radius 2 is 1.93 bits per heavy atom. The lowest BCUT2D eigenvalue weighted by Gasteiger charge is -2.32. The van der Waals surface area contributed by atoms with Crippen LogP contribution in [0.15, 0.2) is 35.3 Å². The summed E-state index contributed by atoms with van der Waals surface area (Å²) in [7, 11) is -1.36. The van der Waals surface area contributed by atoms with E-state index < -0.39 is 10.0 Å². The monoisotopic (exact) mass is 524 g/mol. The zero-order valence-electron chi connectivity index (χ0n) is 16.9. The minimum atomic E-state index is -3.10. The van der Waals surface area contributed by atoms with Gasteiger partial charge in [-0.15, -0.1) is 24.0 Å². The fraction of sp³-hybridized carbons (Fsp3) is 0.632. The molecule has 0 aromatic heterocycles. The Hall–Kier alpha value is -1.07. The van der Waals surface area contributed by atoms with E-state index in [9.17, 15) is 8.42 Å². The number of sulfonamides is 1. The molecule has 0 bridgehead atoms. The molecule has 1 aromatic carbocycles. The molecular formula is C19H33IN4O3S. The van der Waals surface area contributed by atoms with Gasteiger partial charge in [0.05, 0.1) is 12.3 Å². The van der Waals surface area contributed by atoms with Gasteiger partial charge in [0.2, 0.25) is 10.0 Å². The number of hydrogen-bond acceptors (Lipinski definition) is 4. The highest BCUT2D eigenvalue weighted by Crippen LogP contribution is 2.15. The summed E-state index contributed by atoms with van der Waals surface area (Å²) in [5.74, 6) is 1.79. The van der Waals surface area contributed by atoms with Crippen LogP contribution in [0.25, 0.3) is 0 Å². The largest absolute Gasteiger partial charge is 0.489 e. The molecule has 28 heavy (non-hydrogen) atoms. The van der Waals surface area contributed by atoms with Crippen molar-refractivity contribution in [3.8, 4) is 5.75 Å². The van der Waals surface area contributed by atoms with E-state index in [0.717, 1.165) is 18.6 Å². The first-order valence-electron chi connectivity index (χ1n) is 9.61. The summed E-state index contributed by atoms with van der Waals surface area (Å²) in [6.45, 7) is 5.64. The lowest BCUT2D eigenvalue weighted by molar-refractivity contribution is 0.223. The van der Waals surface area contributed by atoms with E-state index in [0.29, 0.717) is 32.0 Å². The summed E-state index contributed by atoms with van der Waals surface area (Å²) in [4.78, 5) is 4.27. The van der Waals surface area contributed by atoms with Crippen LogP contribution < -0.4 is 15.4 Å². The van der Waals surface area contributed by atoms with Crippen molar-refractivity contribution < 1.29 is 13.2 Å². The molecular weight excluding hydrogens is 491 g/mol. The summed E-state index contributed by atoms with van der Waals surface area (Å²) in [6, 6.07) is 9.94. The Balaban J connectivity index is 0.00000392. The number of halogens is 1. The predicted molar refractivity (Wildman–Crippen MR) is 125 cm³/mol. The van der Waals surface area contributed by atoms with Crippen LogP contribution in [0.1, 0.15) is 33.1 Å². The first-order chi connectivity index (χ1) is 12.9. The van der Waals surface area contributed by atoms with Gasteiger partial charge in [-0.25, -0.2) is 12.7 Å². The number of aliphatic imine (C=N–C) groups is 1. The highest BCUT2D eigenvalue weighted by Gasteiger charge is 2.27. The van der Waals surface area contributed by atoms with Gasteiger partial charge in [-0.1, -0.05) is 25.1 Å². The van der Waals surface area contributed by atoms with Gasteiger partial charge in [-0.3, -0.25) is 4.99 Å². The second kappa shape index (κ2) is 12.5. The molecule has 1 atom stereocenters. The molecule has 1 aliphatic heterocycles. The van der Waals surface area contributed by atoms with Gasteiger partial charge < -0.3 is 15.4 Å². The smallest absolute Gasteiger partial charge is 0.214 e. The zero-order valence-corrected chi connectivity index (χ0v) is 20.1. The predicted octanol–water partition coefficient (Wildman–Crippen LogP) is 2.44. The number of para-hydroxylation sites is 1. The van der Waals surface area contributed by atoms with Gasteiger partial charge in [-0.2, -0.15) is 0 Å². The lowest BCUT2D eigenvalue weighted by atomic mass is 10.1. The van der Waals surface area contributed by atoms with Crippen molar-refractivity contribution in [2.24, 2.45) is 4.99 Å². The maximum atomic E-state index is 12.2. The van der Waals surface area contributed by atoms with Crippen molar-refractivity contribution in [2.45, 2.75) is 45.3 Å². The zero-order chi connectivity index (χ0) is 19.7. The van der Waals surface area contributed by atoms with Gasteiger partial charge in [0.1, 0.15) is 11.9 Å². The van der Waals surface area contributed by atoms with E-state index in [-0.39, 0.29) is 41.9 Å². The third-order valence-electron chi connectivity index (χ3n) is 4.51. The van der Waals surface area contributed by atoms with Gasteiger partial charge in [0.25, 0.3) is 0 Å². The lowest BCUT2D eigenvalue weighted by Crippen LogP contribution is -2.51. The summed E-state index contributed by atoms with van der Waals surface area (Å²) < 4.78 is 31.8. The number of nitrogens with one attached hydrogen (secondary N) is 2. The third-order valence-corrected chi connectivity index (χ3v) is 6.59. The maximum Gasteiger partial charge on any atom is 0.214 e. The first-order valence-corrected chi connectivity index (χ1v) is 11.2. The molecule has 0 saturated carbocycles. The van der Waals surface area contributed by atoms with Crippen molar-refractivity contribution in [1.82, 2.24) is 14.9 Å². The average molecular weight is 524 g/mol. The van der Waals surface area contributed by atoms with E-state index >= 15 is 0 Å². The van der Waals surface area contributed by atoms with Crippen LogP contribution >= 0.6 is 24.0 Å². The molecule has 1 fully saturated rings. The molecule has 0 amide bonds. The molecule has 9 heteroatoms. The number of benzene rings is 1. The van der Waals surface area contributed by atoms with Crippen LogP contribution in [-0.2, 0) is 10.0 Å². The number of rotatable bonds is 8. The SMILES string of the molecule is CCCS(=O)(=O)N1CCC(NC(=NC)NCC(C)Oc2ccccc2)CC1.I. The Bertz CT molecular complexity index is 692. The molecule has 1 saturated heterocycles. The van der Waals surface area contributed by atoms with Crippen LogP contribution in [0.4, 0.5) is 0 Å². The Morgan fingerprint density at radius 3 is 2.50 bits per heavy atom. The molecule has 0 spiro atoms. The van der Waals surface area contributed by atoms with Gasteiger partial charge >= 0.3 is 0 Å². The van der Waals surface area contributed by atoms with Crippen LogP contribution in [0.5, 0.6) is 5.75 Å². The van der Waals surface area contributed by atoms with Gasteiger partial charge in [0, 0.05) is 26.2 Å². The van der Waals surface area contributed by atoms with Crippen molar-refractivity contribution in [3.05, 3.63) is 30.3 Å². The standard InChI is InChI=1S/C19H32N4O3S.HI/c1-4-14-27(24,25)23-12-10-17(11-13-23)22-19(20-3)21-15-16(2)26-18-8-6-5-7-9-18;/h5-9,16-17H,4,10-15H2,1-3H3,(H2,20,21,22);1H. The first kappa shape index (κ1) is 25.0. The summed E-state index contributed by atoms with van der Waals surface area (Å²) >= 11 is 0. The van der Waals surface area contributed by atoms with E-state index in [4.69, 9.17) is 4.74 Å². The summed E-state index contributed by atoms with van der Waals surface area (Å²) in [5, 5.41) is 6.67. The molecule has 160 valence electrons. The fourth-order valence-corrected chi connectivity index (χ4v) is 4.61. The molecule has 2 N–H and O–H groups in total. The number of hydrogen-bond donors (Lipinski definition) is 2. The second-order valence-corrected chi connectivity index (χ2v) is 8.92. The summed E-state index contributed by atoms with van der Waals surface area (Å²) in [5.41, 5.74) is 0. The van der Waals surface area contributed by atoms with Gasteiger partial charge in [-0.05, 0) is 38.3 Å². The van der Waals surface area contributed by atoms with Crippen molar-refractivity contribution in [3.63, 3.8) is 0 Å². The molecule has 1 aliphatic rings. The second-order valence-electron chi connectivity index (χ2n) is 6.83. The summed E-state index contributed by atoms with van der Waals surface area (Å²) in [6.07, 6.45) is 2.20. The van der Waals surface area contributed by atoms with E-state index in [2.05, 4.69) is 15.6 Å². The minimum absolute atomic E-state index is 0. The van der Waals surface area contributed by atoms with Crippen LogP contribution in [-0.4, -0.2) is 63.3 Å². The Kier molecular flexibility index (Phi) is 11.1.